The van der Waals surface area contributed by atoms with Crippen molar-refractivity contribution in [2.24, 2.45) is 0 Å². The molecule has 0 amide bonds. The van der Waals surface area contributed by atoms with Crippen LogP contribution in [0, 0.1) is 6.92 Å². The summed E-state index contributed by atoms with van der Waals surface area (Å²) < 4.78 is 37.5. The third-order valence-electron chi connectivity index (χ3n) is 2.59. The number of rotatable bonds is 1. The summed E-state index contributed by atoms with van der Waals surface area (Å²) in [6.45, 7) is 1.83. The number of hydrogen-bond acceptors (Lipinski definition) is 1. The van der Waals surface area contributed by atoms with Gasteiger partial charge in [-0.2, -0.15) is 13.2 Å². The molecule has 6 heteroatoms. The molecule has 0 saturated carbocycles. The minimum Gasteiger partial charge on any atom is -0.322 e. The summed E-state index contributed by atoms with van der Waals surface area (Å²) in [6.07, 6.45) is -4.65. The molecule has 0 saturated heterocycles. The summed E-state index contributed by atoms with van der Waals surface area (Å²) in [6, 6.07) is 6.27. The van der Waals surface area contributed by atoms with Gasteiger partial charge in [0.1, 0.15) is 0 Å². The van der Waals surface area contributed by atoms with Crippen LogP contribution >= 0.6 is 11.6 Å². The first kappa shape index (κ1) is 13.0. The molecule has 2 nitrogen and oxygen atoms in total. The Hall–Kier alpha value is -1.49. The van der Waals surface area contributed by atoms with Crippen LogP contribution in [0.25, 0.3) is 10.9 Å². The quantitative estimate of drug-likeness (QED) is 0.791. The topological polar surface area (TPSA) is 32.9 Å². The van der Waals surface area contributed by atoms with Crippen molar-refractivity contribution in [1.82, 2.24) is 4.98 Å². The maximum absolute atomic E-state index is 12.5. The summed E-state index contributed by atoms with van der Waals surface area (Å²) in [5.74, 6) is 0. The van der Waals surface area contributed by atoms with Crippen LogP contribution < -0.4 is 5.56 Å². The summed E-state index contributed by atoms with van der Waals surface area (Å²) in [7, 11) is 0. The molecule has 1 atom stereocenters. The number of fused-ring (bicyclic) bond motifs is 1. The van der Waals surface area contributed by atoms with Crippen molar-refractivity contribution in [1.29, 1.82) is 0 Å². The molecular weight excluding hydrogens is 267 g/mol. The molecular formula is C12H9ClF3NO. The molecule has 1 unspecified atom stereocenters. The Morgan fingerprint density at radius 2 is 1.94 bits per heavy atom. The van der Waals surface area contributed by atoms with Gasteiger partial charge in [-0.3, -0.25) is 4.79 Å². The maximum Gasteiger partial charge on any atom is 0.409 e. The van der Waals surface area contributed by atoms with Crippen molar-refractivity contribution >= 4 is 22.5 Å². The Morgan fingerprint density at radius 1 is 1.28 bits per heavy atom. The third-order valence-corrected chi connectivity index (χ3v) is 3.07. The van der Waals surface area contributed by atoms with Crippen LogP contribution in [-0.4, -0.2) is 11.2 Å². The fourth-order valence-corrected chi connectivity index (χ4v) is 1.86. The molecule has 18 heavy (non-hydrogen) atoms. The van der Waals surface area contributed by atoms with Gasteiger partial charge in [-0.25, -0.2) is 0 Å². The molecule has 0 aliphatic carbocycles. The van der Waals surface area contributed by atoms with E-state index in [4.69, 9.17) is 11.6 Å². The molecule has 0 bridgehead atoms. The first-order valence-electron chi connectivity index (χ1n) is 5.13. The van der Waals surface area contributed by atoms with E-state index in [9.17, 15) is 18.0 Å². The molecule has 2 rings (SSSR count). The van der Waals surface area contributed by atoms with Crippen LogP contribution in [-0.2, 0) is 0 Å². The van der Waals surface area contributed by atoms with Gasteiger partial charge in [-0.1, -0.05) is 12.1 Å². The smallest absolute Gasteiger partial charge is 0.322 e. The fourth-order valence-electron chi connectivity index (χ4n) is 1.70. The highest BCUT2D eigenvalue weighted by Crippen LogP contribution is 2.37. The highest BCUT2D eigenvalue weighted by atomic mass is 35.5. The van der Waals surface area contributed by atoms with E-state index in [0.717, 1.165) is 5.56 Å². The number of nitrogens with one attached hydrogen (secondary N) is 1. The van der Waals surface area contributed by atoms with Gasteiger partial charge in [0.2, 0.25) is 0 Å². The van der Waals surface area contributed by atoms with Gasteiger partial charge < -0.3 is 4.98 Å². The number of hydrogen-bond donors (Lipinski definition) is 1. The van der Waals surface area contributed by atoms with E-state index in [1.807, 2.05) is 6.92 Å². The minimum absolute atomic E-state index is 0.486. The highest BCUT2D eigenvalue weighted by Gasteiger charge is 2.40. The minimum atomic E-state index is -4.65. The molecule has 0 radical (unpaired) electrons. The number of pyridine rings is 1. The molecule has 1 aromatic heterocycles. The molecule has 1 N–H and O–H groups in total. The fraction of sp³-hybridized carbons (Fsp3) is 0.250. The zero-order chi connectivity index (χ0) is 13.5. The number of alkyl halides is 4. The van der Waals surface area contributed by atoms with E-state index < -0.39 is 22.7 Å². The predicted molar refractivity (Wildman–Crippen MR) is 64.0 cm³/mol. The lowest BCUT2D eigenvalue weighted by molar-refractivity contribution is -0.131. The van der Waals surface area contributed by atoms with Crippen LogP contribution in [0.15, 0.2) is 29.1 Å². The van der Waals surface area contributed by atoms with Crippen LogP contribution in [0.3, 0.4) is 0 Å². The van der Waals surface area contributed by atoms with E-state index >= 15 is 0 Å². The van der Waals surface area contributed by atoms with Crippen molar-refractivity contribution in [3.05, 3.63) is 45.7 Å². The lowest BCUT2D eigenvalue weighted by Gasteiger charge is -2.13. The predicted octanol–water partition coefficient (Wildman–Crippen LogP) is 3.68. The normalized spacial score (nSPS) is 13.8. The summed E-state index contributed by atoms with van der Waals surface area (Å²) in [5, 5.41) is -1.78. The maximum atomic E-state index is 12.5. The second-order valence-electron chi connectivity index (χ2n) is 4.05. The van der Waals surface area contributed by atoms with Crippen molar-refractivity contribution < 1.29 is 13.2 Å². The second-order valence-corrected chi connectivity index (χ2v) is 4.49. The molecule has 0 spiro atoms. The summed E-state index contributed by atoms with van der Waals surface area (Å²) >= 11 is 5.27. The first-order chi connectivity index (χ1) is 8.29. The van der Waals surface area contributed by atoms with E-state index in [-0.39, 0.29) is 0 Å². The van der Waals surface area contributed by atoms with Gasteiger partial charge in [-0.15, -0.1) is 11.6 Å². The lowest BCUT2D eigenvalue weighted by atomic mass is 10.1. The van der Waals surface area contributed by atoms with Gasteiger partial charge in [-0.05, 0) is 30.0 Å². The SMILES string of the molecule is Cc1ccc2cc(C(Cl)C(F)(F)F)c(=O)[nH]c2c1. The Kier molecular flexibility index (Phi) is 3.11. The Morgan fingerprint density at radius 3 is 2.56 bits per heavy atom. The number of aromatic nitrogens is 1. The Balaban J connectivity index is 2.64. The molecule has 0 fully saturated rings. The van der Waals surface area contributed by atoms with Crippen LogP contribution in [0.2, 0.25) is 0 Å². The third kappa shape index (κ3) is 2.36. The average molecular weight is 276 g/mol. The Bertz CT molecular complexity index is 648. The molecule has 2 aromatic rings. The van der Waals surface area contributed by atoms with Crippen LogP contribution in [0.5, 0.6) is 0 Å². The number of benzene rings is 1. The van der Waals surface area contributed by atoms with E-state index in [1.54, 1.807) is 18.2 Å². The zero-order valence-corrected chi connectivity index (χ0v) is 10.1. The highest BCUT2D eigenvalue weighted by molar-refractivity contribution is 6.21. The van der Waals surface area contributed by atoms with Crippen molar-refractivity contribution in [3.63, 3.8) is 0 Å². The number of aromatic amines is 1. The van der Waals surface area contributed by atoms with Crippen LogP contribution in [0.4, 0.5) is 13.2 Å². The number of H-pyrrole nitrogens is 1. The lowest BCUT2D eigenvalue weighted by Crippen LogP contribution is -2.23. The Labute approximate surface area is 105 Å². The first-order valence-corrected chi connectivity index (χ1v) is 5.57. The zero-order valence-electron chi connectivity index (χ0n) is 9.31. The van der Waals surface area contributed by atoms with Crippen LogP contribution in [0.1, 0.15) is 16.5 Å². The van der Waals surface area contributed by atoms with Crippen molar-refractivity contribution in [3.8, 4) is 0 Å². The van der Waals surface area contributed by atoms with Gasteiger partial charge in [0, 0.05) is 11.1 Å². The molecule has 0 aliphatic rings. The van der Waals surface area contributed by atoms with Crippen molar-refractivity contribution in [2.75, 3.05) is 0 Å². The van der Waals surface area contributed by atoms with E-state index in [1.165, 1.54) is 6.07 Å². The van der Waals surface area contributed by atoms with Gasteiger partial charge >= 0.3 is 6.18 Å². The van der Waals surface area contributed by atoms with Crippen molar-refractivity contribution in [2.45, 2.75) is 18.5 Å². The average Bonchev–Trinajstić information content (AvgIpc) is 2.25. The molecule has 96 valence electrons. The molecule has 1 heterocycles. The molecule has 0 aliphatic heterocycles. The largest absolute Gasteiger partial charge is 0.409 e. The monoisotopic (exact) mass is 275 g/mol. The summed E-state index contributed by atoms with van der Waals surface area (Å²) in [4.78, 5) is 14.0. The van der Waals surface area contributed by atoms with Gasteiger partial charge in [0.05, 0.1) is 0 Å². The molecule has 1 aromatic carbocycles. The van der Waals surface area contributed by atoms with Gasteiger partial charge in [0.25, 0.3) is 5.56 Å². The second kappa shape index (κ2) is 4.31. The van der Waals surface area contributed by atoms with E-state index in [2.05, 4.69) is 4.98 Å². The number of aryl methyl sites for hydroxylation is 1. The standard InChI is InChI=1S/C12H9ClF3NO/c1-6-2-3-7-5-8(10(13)12(14,15)16)11(18)17-9(7)4-6/h2-5,10H,1H3,(H,17,18). The van der Waals surface area contributed by atoms with Gasteiger partial charge in [0.15, 0.2) is 5.38 Å². The number of halogens is 4. The van der Waals surface area contributed by atoms with E-state index in [0.29, 0.717) is 10.9 Å². The summed E-state index contributed by atoms with van der Waals surface area (Å²) in [5.41, 5.74) is 0.102.